The maximum absolute atomic E-state index is 12.9. The molecule has 2 aliphatic rings. The number of carbonyl (C=O) groups is 1. The van der Waals surface area contributed by atoms with Gasteiger partial charge in [-0.3, -0.25) is 9.69 Å². The van der Waals surface area contributed by atoms with Crippen molar-refractivity contribution in [3.8, 4) is 5.75 Å². The monoisotopic (exact) mass is 330 g/mol. The Balaban J connectivity index is 1.58. The van der Waals surface area contributed by atoms with E-state index in [1.807, 2.05) is 12.1 Å². The highest BCUT2D eigenvalue weighted by Crippen LogP contribution is 2.23. The van der Waals surface area contributed by atoms with Crippen molar-refractivity contribution in [1.82, 2.24) is 9.80 Å². The van der Waals surface area contributed by atoms with Crippen molar-refractivity contribution in [2.75, 3.05) is 33.3 Å². The van der Waals surface area contributed by atoms with Gasteiger partial charge in [-0.1, -0.05) is 25.0 Å². The van der Waals surface area contributed by atoms with Crippen LogP contribution >= 0.6 is 0 Å². The summed E-state index contributed by atoms with van der Waals surface area (Å²) in [6.07, 6.45) is 7.06. The van der Waals surface area contributed by atoms with Crippen LogP contribution in [0.15, 0.2) is 24.3 Å². The highest BCUT2D eigenvalue weighted by molar-refractivity contribution is 5.79. The summed E-state index contributed by atoms with van der Waals surface area (Å²) in [4.78, 5) is 17.4. The Hall–Kier alpha value is -1.55. The Morgan fingerprint density at radius 2 is 1.92 bits per heavy atom. The predicted octanol–water partition coefficient (Wildman–Crippen LogP) is 3.31. The van der Waals surface area contributed by atoms with Crippen LogP contribution in [-0.4, -0.2) is 49.0 Å². The second kappa shape index (κ2) is 8.52. The van der Waals surface area contributed by atoms with Crippen LogP contribution in [0.2, 0.25) is 0 Å². The average Bonchev–Trinajstić information content (AvgIpc) is 2.91. The molecular formula is C20H30N2O2. The van der Waals surface area contributed by atoms with Gasteiger partial charge in [-0.25, -0.2) is 0 Å². The first-order valence-corrected chi connectivity index (χ1v) is 9.40. The van der Waals surface area contributed by atoms with Gasteiger partial charge in [0.1, 0.15) is 5.75 Å². The van der Waals surface area contributed by atoms with E-state index in [1.54, 1.807) is 7.11 Å². The number of piperidine rings is 1. The first kappa shape index (κ1) is 17.3. The van der Waals surface area contributed by atoms with Crippen LogP contribution in [0.25, 0.3) is 0 Å². The summed E-state index contributed by atoms with van der Waals surface area (Å²) in [6.45, 7) is 4.81. The molecule has 132 valence electrons. The second-order valence-electron chi connectivity index (χ2n) is 7.17. The third kappa shape index (κ3) is 4.50. The van der Waals surface area contributed by atoms with E-state index in [0.717, 1.165) is 51.3 Å². The second-order valence-corrected chi connectivity index (χ2v) is 7.17. The van der Waals surface area contributed by atoms with E-state index in [0.29, 0.717) is 5.91 Å². The van der Waals surface area contributed by atoms with Crippen LogP contribution in [0.4, 0.5) is 0 Å². The van der Waals surface area contributed by atoms with Crippen LogP contribution in [-0.2, 0) is 11.3 Å². The number of amides is 1. The molecule has 0 spiro atoms. The molecular weight excluding hydrogens is 300 g/mol. The zero-order valence-electron chi connectivity index (χ0n) is 14.9. The number of nitrogens with zero attached hydrogens (tertiary/aromatic N) is 2. The lowest BCUT2D eigenvalue weighted by molar-refractivity contribution is -0.137. The minimum Gasteiger partial charge on any atom is -0.497 e. The largest absolute Gasteiger partial charge is 0.497 e. The van der Waals surface area contributed by atoms with Crippen molar-refractivity contribution < 1.29 is 9.53 Å². The summed E-state index contributed by atoms with van der Waals surface area (Å²) >= 11 is 0. The van der Waals surface area contributed by atoms with Crippen molar-refractivity contribution in [2.24, 2.45) is 5.92 Å². The molecule has 1 unspecified atom stereocenters. The Labute approximate surface area is 145 Å². The number of carbonyl (C=O) groups excluding carboxylic acids is 1. The molecule has 0 aliphatic carbocycles. The van der Waals surface area contributed by atoms with Gasteiger partial charge >= 0.3 is 0 Å². The lowest BCUT2D eigenvalue weighted by Crippen LogP contribution is -2.44. The number of hydrogen-bond donors (Lipinski definition) is 0. The van der Waals surface area contributed by atoms with Crippen LogP contribution in [0.1, 0.15) is 44.1 Å². The van der Waals surface area contributed by atoms with Crippen LogP contribution in [0.3, 0.4) is 0 Å². The van der Waals surface area contributed by atoms with Crippen molar-refractivity contribution in [3.63, 3.8) is 0 Å². The molecule has 0 bridgehead atoms. The molecule has 4 nitrogen and oxygen atoms in total. The lowest BCUT2D eigenvalue weighted by Gasteiger charge is -2.34. The molecule has 2 fully saturated rings. The third-order valence-corrected chi connectivity index (χ3v) is 5.31. The van der Waals surface area contributed by atoms with Gasteiger partial charge in [0.15, 0.2) is 0 Å². The fourth-order valence-corrected chi connectivity index (χ4v) is 3.98. The summed E-state index contributed by atoms with van der Waals surface area (Å²) in [6, 6.07) is 8.26. The predicted molar refractivity (Wildman–Crippen MR) is 96.0 cm³/mol. The summed E-state index contributed by atoms with van der Waals surface area (Å²) < 4.78 is 5.32. The van der Waals surface area contributed by atoms with Crippen molar-refractivity contribution in [3.05, 3.63) is 29.8 Å². The number of hydrogen-bond acceptors (Lipinski definition) is 3. The Bertz CT molecular complexity index is 538. The van der Waals surface area contributed by atoms with Crippen LogP contribution < -0.4 is 4.74 Å². The molecule has 3 rings (SSSR count). The topological polar surface area (TPSA) is 32.8 Å². The van der Waals surface area contributed by atoms with E-state index in [9.17, 15) is 4.79 Å². The Kier molecular flexibility index (Phi) is 6.13. The number of methoxy groups -OCH3 is 1. The molecule has 0 N–H and O–H groups in total. The molecule has 1 atom stereocenters. The zero-order valence-corrected chi connectivity index (χ0v) is 14.9. The summed E-state index contributed by atoms with van der Waals surface area (Å²) in [5.74, 6) is 1.48. The standard InChI is InChI=1S/C20H30N2O2/c1-24-19-10-6-8-17(14-19)15-21-11-7-9-18(16-21)20(23)22-12-4-2-3-5-13-22/h6,8,10,14,18H,2-5,7,9,11-13,15-16H2,1H3. The SMILES string of the molecule is COc1cccc(CN2CCCC(C(=O)N3CCCCCC3)C2)c1. The Morgan fingerprint density at radius 3 is 2.67 bits per heavy atom. The van der Waals surface area contributed by atoms with Crippen molar-refractivity contribution in [2.45, 2.75) is 45.1 Å². The number of rotatable bonds is 4. The molecule has 2 heterocycles. The normalized spacial score (nSPS) is 22.9. The molecule has 4 heteroatoms. The van der Waals surface area contributed by atoms with E-state index in [2.05, 4.69) is 21.9 Å². The maximum atomic E-state index is 12.9. The molecule has 1 aromatic rings. The first-order chi connectivity index (χ1) is 11.8. The highest BCUT2D eigenvalue weighted by atomic mass is 16.5. The van der Waals surface area contributed by atoms with Crippen LogP contribution in [0.5, 0.6) is 5.75 Å². The summed E-state index contributed by atoms with van der Waals surface area (Å²) in [5, 5.41) is 0. The fraction of sp³-hybridized carbons (Fsp3) is 0.650. The van der Waals surface area contributed by atoms with Gasteiger partial charge in [0.05, 0.1) is 13.0 Å². The lowest BCUT2D eigenvalue weighted by atomic mass is 9.96. The summed E-state index contributed by atoms with van der Waals surface area (Å²) in [5.41, 5.74) is 1.26. The van der Waals surface area contributed by atoms with Gasteiger partial charge in [0, 0.05) is 26.2 Å². The highest BCUT2D eigenvalue weighted by Gasteiger charge is 2.29. The van der Waals surface area contributed by atoms with Gasteiger partial charge in [-0.2, -0.15) is 0 Å². The van der Waals surface area contributed by atoms with Gasteiger partial charge in [-0.15, -0.1) is 0 Å². The van der Waals surface area contributed by atoms with E-state index in [1.165, 1.54) is 31.2 Å². The maximum Gasteiger partial charge on any atom is 0.226 e. The minimum atomic E-state index is 0.183. The van der Waals surface area contributed by atoms with Crippen molar-refractivity contribution >= 4 is 5.91 Å². The first-order valence-electron chi connectivity index (χ1n) is 9.40. The van der Waals surface area contributed by atoms with Gasteiger partial charge < -0.3 is 9.64 Å². The molecule has 2 aliphatic heterocycles. The molecule has 0 radical (unpaired) electrons. The van der Waals surface area contributed by atoms with Crippen LogP contribution in [0, 0.1) is 5.92 Å². The van der Waals surface area contributed by atoms with E-state index in [4.69, 9.17) is 4.74 Å². The van der Waals surface area contributed by atoms with E-state index in [-0.39, 0.29) is 5.92 Å². The molecule has 0 aromatic heterocycles. The Morgan fingerprint density at radius 1 is 1.12 bits per heavy atom. The van der Waals surface area contributed by atoms with Gasteiger partial charge in [0.25, 0.3) is 0 Å². The molecule has 0 saturated carbocycles. The van der Waals surface area contributed by atoms with Gasteiger partial charge in [-0.05, 0) is 49.9 Å². The molecule has 1 amide bonds. The average molecular weight is 330 g/mol. The van der Waals surface area contributed by atoms with Gasteiger partial charge in [0.2, 0.25) is 5.91 Å². The zero-order chi connectivity index (χ0) is 16.8. The smallest absolute Gasteiger partial charge is 0.226 e. The van der Waals surface area contributed by atoms with Crippen molar-refractivity contribution in [1.29, 1.82) is 0 Å². The number of benzene rings is 1. The quantitative estimate of drug-likeness (QED) is 0.849. The summed E-state index contributed by atoms with van der Waals surface area (Å²) in [7, 11) is 1.70. The minimum absolute atomic E-state index is 0.183. The van der Waals surface area contributed by atoms with E-state index >= 15 is 0 Å². The number of likely N-dealkylation sites (tertiary alicyclic amines) is 2. The van der Waals surface area contributed by atoms with E-state index < -0.39 is 0 Å². The third-order valence-electron chi connectivity index (χ3n) is 5.31. The number of ether oxygens (including phenoxy) is 1. The molecule has 1 aromatic carbocycles. The molecule has 24 heavy (non-hydrogen) atoms. The molecule has 2 saturated heterocycles. The fourth-order valence-electron chi connectivity index (χ4n) is 3.98.